The Hall–Kier alpha value is -1.50. The topological polar surface area (TPSA) is 80.2 Å². The van der Waals surface area contributed by atoms with Crippen molar-refractivity contribution in [1.29, 1.82) is 0 Å². The number of carbonyl (C=O) groups is 1. The van der Waals surface area contributed by atoms with Gasteiger partial charge < -0.3 is 4.90 Å². The lowest BCUT2D eigenvalue weighted by Gasteiger charge is -2.26. The standard InChI is InChI=1S/C12H17N3O3S/c1-3-15(10-6-7-19(17,18)8-10)12(16)11-5-4-9(2)13-14-11/h4-5,10H,3,6-8H2,1-2H3. The zero-order valence-corrected chi connectivity index (χ0v) is 11.9. The van der Waals surface area contributed by atoms with Gasteiger partial charge in [-0.3, -0.25) is 4.79 Å². The summed E-state index contributed by atoms with van der Waals surface area (Å²) in [5.74, 6) is -0.0514. The van der Waals surface area contributed by atoms with E-state index in [1.54, 1.807) is 24.0 Å². The quantitative estimate of drug-likeness (QED) is 0.804. The van der Waals surface area contributed by atoms with Crippen LogP contribution in [0.4, 0.5) is 0 Å². The van der Waals surface area contributed by atoms with Crippen molar-refractivity contribution in [2.45, 2.75) is 26.3 Å². The van der Waals surface area contributed by atoms with Crippen molar-refractivity contribution in [3.63, 3.8) is 0 Å². The molecule has 1 saturated heterocycles. The van der Waals surface area contributed by atoms with Crippen LogP contribution in [0.5, 0.6) is 0 Å². The molecule has 0 aliphatic carbocycles. The van der Waals surface area contributed by atoms with Crippen molar-refractivity contribution >= 4 is 15.7 Å². The van der Waals surface area contributed by atoms with Gasteiger partial charge in [-0.1, -0.05) is 0 Å². The number of hydrogen-bond acceptors (Lipinski definition) is 5. The molecule has 104 valence electrons. The zero-order chi connectivity index (χ0) is 14.0. The Labute approximate surface area is 112 Å². The summed E-state index contributed by atoms with van der Waals surface area (Å²) in [6.07, 6.45) is 0.501. The molecular formula is C12H17N3O3S. The Bertz CT molecular complexity index is 568. The van der Waals surface area contributed by atoms with Gasteiger partial charge in [0.1, 0.15) is 0 Å². The van der Waals surface area contributed by atoms with E-state index in [1.165, 1.54) is 0 Å². The highest BCUT2D eigenvalue weighted by Crippen LogP contribution is 2.19. The molecule has 19 heavy (non-hydrogen) atoms. The summed E-state index contributed by atoms with van der Waals surface area (Å²) in [5.41, 5.74) is 1.000. The molecule has 1 aliphatic heterocycles. The van der Waals surface area contributed by atoms with E-state index in [9.17, 15) is 13.2 Å². The Morgan fingerprint density at radius 2 is 2.16 bits per heavy atom. The molecule has 0 aromatic carbocycles. The maximum Gasteiger partial charge on any atom is 0.274 e. The molecule has 1 aliphatic rings. The van der Waals surface area contributed by atoms with Crippen LogP contribution in [0.2, 0.25) is 0 Å². The number of sulfone groups is 1. The molecule has 1 aromatic rings. The van der Waals surface area contributed by atoms with E-state index in [4.69, 9.17) is 0 Å². The van der Waals surface area contributed by atoms with Crippen molar-refractivity contribution in [2.75, 3.05) is 18.1 Å². The highest BCUT2D eigenvalue weighted by molar-refractivity contribution is 7.91. The van der Waals surface area contributed by atoms with Gasteiger partial charge in [-0.15, -0.1) is 5.10 Å². The van der Waals surface area contributed by atoms with Gasteiger partial charge in [-0.25, -0.2) is 8.42 Å². The number of nitrogens with zero attached hydrogens (tertiary/aromatic N) is 3. The number of rotatable bonds is 3. The third-order valence-corrected chi connectivity index (χ3v) is 5.02. The van der Waals surface area contributed by atoms with E-state index in [-0.39, 0.29) is 29.1 Å². The first-order chi connectivity index (χ1) is 8.93. The van der Waals surface area contributed by atoms with Crippen LogP contribution in [0.1, 0.15) is 29.5 Å². The van der Waals surface area contributed by atoms with E-state index in [1.807, 2.05) is 6.92 Å². The third-order valence-electron chi connectivity index (χ3n) is 3.27. The minimum absolute atomic E-state index is 0.0475. The smallest absolute Gasteiger partial charge is 0.274 e. The maximum atomic E-state index is 12.3. The summed E-state index contributed by atoms with van der Waals surface area (Å²) in [5, 5.41) is 7.72. The van der Waals surface area contributed by atoms with Gasteiger partial charge in [0.25, 0.3) is 5.91 Å². The molecule has 1 amide bonds. The average molecular weight is 283 g/mol. The Balaban J connectivity index is 2.18. The van der Waals surface area contributed by atoms with Crippen LogP contribution in [0.3, 0.4) is 0 Å². The molecule has 6 nitrogen and oxygen atoms in total. The average Bonchev–Trinajstić information content (AvgIpc) is 2.71. The minimum Gasteiger partial charge on any atom is -0.333 e. The summed E-state index contributed by atoms with van der Waals surface area (Å²) < 4.78 is 23.0. The largest absolute Gasteiger partial charge is 0.333 e. The normalized spacial score (nSPS) is 21.3. The molecule has 2 heterocycles. The SMILES string of the molecule is CCN(C(=O)c1ccc(C)nn1)C1CCS(=O)(=O)C1. The molecule has 0 spiro atoms. The van der Waals surface area contributed by atoms with Gasteiger partial charge in [-0.05, 0) is 32.4 Å². The van der Waals surface area contributed by atoms with Crippen LogP contribution in [0, 0.1) is 6.92 Å². The number of aromatic nitrogens is 2. The molecule has 0 radical (unpaired) electrons. The lowest BCUT2D eigenvalue weighted by atomic mass is 10.2. The van der Waals surface area contributed by atoms with Gasteiger partial charge in [-0.2, -0.15) is 5.10 Å². The molecule has 2 rings (SSSR count). The first kappa shape index (κ1) is 13.9. The second-order valence-corrected chi connectivity index (χ2v) is 6.94. The number of carbonyl (C=O) groups excluding carboxylic acids is 1. The fourth-order valence-electron chi connectivity index (χ4n) is 2.25. The second-order valence-electron chi connectivity index (χ2n) is 4.71. The van der Waals surface area contributed by atoms with E-state index < -0.39 is 9.84 Å². The van der Waals surface area contributed by atoms with E-state index in [0.29, 0.717) is 13.0 Å². The van der Waals surface area contributed by atoms with Crippen molar-refractivity contribution in [3.8, 4) is 0 Å². The molecule has 1 unspecified atom stereocenters. The first-order valence-corrected chi connectivity index (χ1v) is 8.07. The van der Waals surface area contributed by atoms with Crippen molar-refractivity contribution < 1.29 is 13.2 Å². The van der Waals surface area contributed by atoms with Crippen LogP contribution in [0.25, 0.3) is 0 Å². The predicted octanol–water partition coefficient (Wildman–Crippen LogP) is 0.434. The number of hydrogen-bond donors (Lipinski definition) is 0. The molecular weight excluding hydrogens is 266 g/mol. The van der Waals surface area contributed by atoms with Gasteiger partial charge >= 0.3 is 0 Å². The third kappa shape index (κ3) is 3.09. The summed E-state index contributed by atoms with van der Waals surface area (Å²) in [7, 11) is -3.00. The monoisotopic (exact) mass is 283 g/mol. The molecule has 7 heteroatoms. The molecule has 1 fully saturated rings. The van der Waals surface area contributed by atoms with Gasteiger partial charge in [0.2, 0.25) is 0 Å². The summed E-state index contributed by atoms with van der Waals surface area (Å²) >= 11 is 0. The Morgan fingerprint density at radius 1 is 1.42 bits per heavy atom. The van der Waals surface area contributed by atoms with Gasteiger partial charge in [0, 0.05) is 12.6 Å². The second kappa shape index (κ2) is 5.24. The highest BCUT2D eigenvalue weighted by Gasteiger charge is 2.34. The molecule has 1 atom stereocenters. The highest BCUT2D eigenvalue weighted by atomic mass is 32.2. The molecule has 1 aromatic heterocycles. The van der Waals surface area contributed by atoms with Gasteiger partial charge in [0.05, 0.1) is 17.2 Å². The summed E-state index contributed by atoms with van der Waals surface area (Å²) in [6, 6.07) is 3.10. The van der Waals surface area contributed by atoms with Crippen LogP contribution in [0.15, 0.2) is 12.1 Å². The molecule has 0 saturated carbocycles. The Kier molecular flexibility index (Phi) is 3.84. The summed E-state index contributed by atoms with van der Waals surface area (Å²) in [6.45, 7) is 4.10. The molecule has 0 N–H and O–H groups in total. The van der Waals surface area contributed by atoms with Crippen molar-refractivity contribution in [3.05, 3.63) is 23.5 Å². The van der Waals surface area contributed by atoms with E-state index in [0.717, 1.165) is 5.69 Å². The molecule has 0 bridgehead atoms. The predicted molar refractivity (Wildman–Crippen MR) is 70.5 cm³/mol. The summed E-state index contributed by atoms with van der Waals surface area (Å²) in [4.78, 5) is 13.9. The lowest BCUT2D eigenvalue weighted by Crippen LogP contribution is -2.41. The fraction of sp³-hybridized carbons (Fsp3) is 0.583. The first-order valence-electron chi connectivity index (χ1n) is 6.24. The van der Waals surface area contributed by atoms with Crippen molar-refractivity contribution in [2.24, 2.45) is 0 Å². The minimum atomic E-state index is -3.00. The number of aryl methyl sites for hydroxylation is 1. The van der Waals surface area contributed by atoms with Crippen LogP contribution >= 0.6 is 0 Å². The Morgan fingerprint density at radius 3 is 2.63 bits per heavy atom. The van der Waals surface area contributed by atoms with Crippen LogP contribution in [-0.4, -0.2) is 53.5 Å². The van der Waals surface area contributed by atoms with Crippen LogP contribution < -0.4 is 0 Å². The zero-order valence-electron chi connectivity index (χ0n) is 11.0. The lowest BCUT2D eigenvalue weighted by molar-refractivity contribution is 0.0701. The maximum absolute atomic E-state index is 12.3. The fourth-order valence-corrected chi connectivity index (χ4v) is 3.98. The number of amides is 1. The van der Waals surface area contributed by atoms with E-state index in [2.05, 4.69) is 10.2 Å². The van der Waals surface area contributed by atoms with Crippen molar-refractivity contribution in [1.82, 2.24) is 15.1 Å². The van der Waals surface area contributed by atoms with E-state index >= 15 is 0 Å². The van der Waals surface area contributed by atoms with Crippen LogP contribution in [-0.2, 0) is 9.84 Å². The van der Waals surface area contributed by atoms with Gasteiger partial charge in [0.15, 0.2) is 15.5 Å².